The lowest BCUT2D eigenvalue weighted by Gasteiger charge is -2.15. The molecular formula is C24H29N3O2. The van der Waals surface area contributed by atoms with Gasteiger partial charge in [-0.1, -0.05) is 53.7 Å². The summed E-state index contributed by atoms with van der Waals surface area (Å²) in [5, 5.41) is 7.03. The molecule has 3 aromatic rings. The molecule has 1 aromatic heterocycles. The maximum atomic E-state index is 12.7. The highest BCUT2D eigenvalue weighted by Gasteiger charge is 2.22. The van der Waals surface area contributed by atoms with Gasteiger partial charge in [0.1, 0.15) is 5.76 Å². The van der Waals surface area contributed by atoms with Crippen molar-refractivity contribution in [3.05, 3.63) is 76.7 Å². The summed E-state index contributed by atoms with van der Waals surface area (Å²) in [5.74, 6) is 0.359. The van der Waals surface area contributed by atoms with Gasteiger partial charge in [-0.2, -0.15) is 0 Å². The average molecular weight is 392 g/mol. The Balaban J connectivity index is 1.73. The Morgan fingerprint density at radius 3 is 2.41 bits per heavy atom. The lowest BCUT2D eigenvalue weighted by atomic mass is 9.97. The molecule has 0 aliphatic rings. The largest absolute Gasteiger partial charge is 0.361 e. The summed E-state index contributed by atoms with van der Waals surface area (Å²) in [6.07, 6.45) is 0. The molecular weight excluding hydrogens is 362 g/mol. The van der Waals surface area contributed by atoms with Crippen molar-refractivity contribution in [1.82, 2.24) is 15.4 Å². The molecule has 0 spiro atoms. The molecule has 2 aromatic carbocycles. The smallest absolute Gasteiger partial charge is 0.227 e. The summed E-state index contributed by atoms with van der Waals surface area (Å²) >= 11 is 0. The third kappa shape index (κ3) is 4.93. The first-order valence-corrected chi connectivity index (χ1v) is 9.89. The van der Waals surface area contributed by atoms with Crippen LogP contribution in [0.2, 0.25) is 0 Å². The molecule has 1 amide bonds. The minimum atomic E-state index is -0.307. The first-order valence-electron chi connectivity index (χ1n) is 9.89. The second kappa shape index (κ2) is 9.05. The zero-order chi connectivity index (χ0) is 21.0. The highest BCUT2D eigenvalue weighted by atomic mass is 16.5. The number of benzene rings is 2. The SMILES string of the molecule is Cc1noc(C)c1C(C)C(=O)NCc1ccccc1-c1ccc(CN(C)C)cc1. The summed E-state index contributed by atoms with van der Waals surface area (Å²) in [5.41, 5.74) is 6.28. The maximum absolute atomic E-state index is 12.7. The monoisotopic (exact) mass is 391 g/mol. The van der Waals surface area contributed by atoms with Crippen LogP contribution < -0.4 is 5.32 Å². The summed E-state index contributed by atoms with van der Waals surface area (Å²) in [4.78, 5) is 14.9. The van der Waals surface area contributed by atoms with E-state index < -0.39 is 0 Å². The fourth-order valence-electron chi connectivity index (χ4n) is 3.69. The maximum Gasteiger partial charge on any atom is 0.227 e. The number of aromatic nitrogens is 1. The topological polar surface area (TPSA) is 58.4 Å². The number of nitrogens with zero attached hydrogens (tertiary/aromatic N) is 2. The van der Waals surface area contributed by atoms with E-state index in [1.165, 1.54) is 5.56 Å². The zero-order valence-corrected chi connectivity index (χ0v) is 17.8. The van der Waals surface area contributed by atoms with Gasteiger partial charge < -0.3 is 14.7 Å². The van der Waals surface area contributed by atoms with Crippen LogP contribution in [-0.2, 0) is 17.9 Å². The van der Waals surface area contributed by atoms with Crippen molar-refractivity contribution < 1.29 is 9.32 Å². The van der Waals surface area contributed by atoms with Crippen LogP contribution in [0, 0.1) is 13.8 Å². The van der Waals surface area contributed by atoms with Crippen molar-refractivity contribution in [3.8, 4) is 11.1 Å². The molecule has 3 rings (SSSR count). The number of aryl methyl sites for hydroxylation is 2. The predicted molar refractivity (Wildman–Crippen MR) is 116 cm³/mol. The Morgan fingerprint density at radius 2 is 1.79 bits per heavy atom. The number of carbonyl (C=O) groups excluding carboxylic acids is 1. The molecule has 5 heteroatoms. The first-order chi connectivity index (χ1) is 13.9. The van der Waals surface area contributed by atoms with Crippen molar-refractivity contribution in [1.29, 1.82) is 0 Å². The Hall–Kier alpha value is -2.92. The second-order valence-corrected chi connectivity index (χ2v) is 7.77. The Morgan fingerprint density at radius 1 is 1.10 bits per heavy atom. The van der Waals surface area contributed by atoms with E-state index in [-0.39, 0.29) is 11.8 Å². The molecule has 1 unspecified atom stereocenters. The minimum absolute atomic E-state index is 0.0319. The van der Waals surface area contributed by atoms with E-state index in [9.17, 15) is 4.79 Å². The lowest BCUT2D eigenvalue weighted by molar-refractivity contribution is -0.122. The third-order valence-electron chi connectivity index (χ3n) is 5.15. The van der Waals surface area contributed by atoms with Gasteiger partial charge in [-0.05, 0) is 57.1 Å². The van der Waals surface area contributed by atoms with Gasteiger partial charge in [0.15, 0.2) is 0 Å². The van der Waals surface area contributed by atoms with E-state index >= 15 is 0 Å². The van der Waals surface area contributed by atoms with Gasteiger partial charge in [0.05, 0.1) is 11.6 Å². The van der Waals surface area contributed by atoms with E-state index in [4.69, 9.17) is 4.52 Å². The average Bonchev–Trinajstić information content (AvgIpc) is 3.04. The van der Waals surface area contributed by atoms with Crippen LogP contribution in [-0.4, -0.2) is 30.1 Å². The summed E-state index contributed by atoms with van der Waals surface area (Å²) < 4.78 is 5.21. The van der Waals surface area contributed by atoms with E-state index in [2.05, 4.69) is 65.9 Å². The van der Waals surface area contributed by atoms with Gasteiger partial charge in [-0.3, -0.25) is 4.79 Å². The molecule has 5 nitrogen and oxygen atoms in total. The Labute approximate surface area is 172 Å². The molecule has 0 aliphatic carbocycles. The van der Waals surface area contributed by atoms with Crippen LogP contribution >= 0.6 is 0 Å². The minimum Gasteiger partial charge on any atom is -0.361 e. The Bertz CT molecular complexity index is 955. The van der Waals surface area contributed by atoms with E-state index in [0.717, 1.165) is 34.5 Å². The molecule has 0 radical (unpaired) electrons. The van der Waals surface area contributed by atoms with Gasteiger partial charge in [0, 0.05) is 18.7 Å². The summed E-state index contributed by atoms with van der Waals surface area (Å²) in [6.45, 7) is 6.98. The van der Waals surface area contributed by atoms with Gasteiger partial charge in [0.2, 0.25) is 5.91 Å². The summed E-state index contributed by atoms with van der Waals surface area (Å²) in [6, 6.07) is 16.8. The van der Waals surface area contributed by atoms with Gasteiger partial charge in [-0.25, -0.2) is 0 Å². The van der Waals surface area contributed by atoms with E-state index in [1.54, 1.807) is 0 Å². The van der Waals surface area contributed by atoms with Gasteiger partial charge in [-0.15, -0.1) is 0 Å². The first kappa shape index (κ1) is 20.8. The lowest BCUT2D eigenvalue weighted by Crippen LogP contribution is -2.28. The highest BCUT2D eigenvalue weighted by molar-refractivity contribution is 5.84. The van der Waals surface area contributed by atoms with Crippen molar-refractivity contribution >= 4 is 5.91 Å². The van der Waals surface area contributed by atoms with Crippen LogP contribution in [0.1, 0.15) is 41.0 Å². The molecule has 152 valence electrons. The number of rotatable bonds is 7. The van der Waals surface area contributed by atoms with E-state index in [0.29, 0.717) is 12.3 Å². The van der Waals surface area contributed by atoms with Crippen LogP contribution in [0.3, 0.4) is 0 Å². The molecule has 0 bridgehead atoms. The van der Waals surface area contributed by atoms with Crippen LogP contribution in [0.25, 0.3) is 11.1 Å². The predicted octanol–water partition coefficient (Wildman–Crippen LogP) is 4.44. The summed E-state index contributed by atoms with van der Waals surface area (Å²) in [7, 11) is 4.13. The molecule has 0 aliphatic heterocycles. The molecule has 0 saturated heterocycles. The normalized spacial score (nSPS) is 12.2. The molecule has 0 saturated carbocycles. The number of hydrogen-bond donors (Lipinski definition) is 1. The second-order valence-electron chi connectivity index (χ2n) is 7.77. The van der Waals surface area contributed by atoms with Gasteiger partial charge >= 0.3 is 0 Å². The molecule has 1 N–H and O–H groups in total. The van der Waals surface area contributed by atoms with Gasteiger partial charge in [0.25, 0.3) is 0 Å². The fraction of sp³-hybridized carbons (Fsp3) is 0.333. The molecule has 0 fully saturated rings. The van der Waals surface area contributed by atoms with Crippen LogP contribution in [0.15, 0.2) is 53.1 Å². The number of hydrogen-bond acceptors (Lipinski definition) is 4. The van der Waals surface area contributed by atoms with Crippen molar-refractivity contribution in [2.45, 2.75) is 39.8 Å². The van der Waals surface area contributed by atoms with Crippen molar-refractivity contribution in [2.75, 3.05) is 14.1 Å². The number of nitrogens with one attached hydrogen (secondary N) is 1. The third-order valence-corrected chi connectivity index (χ3v) is 5.15. The number of carbonyl (C=O) groups is 1. The van der Waals surface area contributed by atoms with E-state index in [1.807, 2.05) is 32.9 Å². The molecule has 29 heavy (non-hydrogen) atoms. The fourth-order valence-corrected chi connectivity index (χ4v) is 3.69. The quantitative estimate of drug-likeness (QED) is 0.647. The molecule has 1 atom stereocenters. The number of amides is 1. The van der Waals surface area contributed by atoms with Crippen LogP contribution in [0.4, 0.5) is 0 Å². The van der Waals surface area contributed by atoms with Crippen LogP contribution in [0.5, 0.6) is 0 Å². The standard InChI is InChI=1S/C24H29N3O2/c1-16(23-17(2)26-29-18(23)3)24(28)25-14-21-8-6-7-9-22(21)20-12-10-19(11-13-20)15-27(4)5/h6-13,16H,14-15H2,1-5H3,(H,25,28). The zero-order valence-electron chi connectivity index (χ0n) is 17.8. The Kier molecular flexibility index (Phi) is 6.49. The highest BCUT2D eigenvalue weighted by Crippen LogP contribution is 2.26. The van der Waals surface area contributed by atoms with Crippen molar-refractivity contribution in [2.24, 2.45) is 0 Å². The molecule has 1 heterocycles. The van der Waals surface area contributed by atoms with Crippen molar-refractivity contribution in [3.63, 3.8) is 0 Å².